The van der Waals surface area contributed by atoms with E-state index in [1.165, 1.54) is 0 Å². The Kier molecular flexibility index (Phi) is 4.10. The van der Waals surface area contributed by atoms with Crippen molar-refractivity contribution in [2.45, 2.75) is 13.8 Å². The molecule has 0 fully saturated rings. The Bertz CT molecular complexity index is 617. The molecule has 4 heteroatoms. The van der Waals surface area contributed by atoms with Gasteiger partial charge >= 0.3 is 0 Å². The van der Waals surface area contributed by atoms with E-state index >= 15 is 0 Å². The summed E-state index contributed by atoms with van der Waals surface area (Å²) in [5.74, 6) is 0.689. The summed E-state index contributed by atoms with van der Waals surface area (Å²) >= 11 is 3.37. The quantitative estimate of drug-likeness (QED) is 0.804. The lowest BCUT2D eigenvalue weighted by molar-refractivity contribution is 0.0921. The SMILES string of the molecule is Cc1cc(C(=O)COc2cccc(Br)c2)c(C)n1C. The van der Waals surface area contributed by atoms with Crippen molar-refractivity contribution >= 4 is 21.7 Å². The van der Waals surface area contributed by atoms with Gasteiger partial charge in [0.1, 0.15) is 5.75 Å². The molecule has 1 aromatic heterocycles. The first-order valence-corrected chi connectivity index (χ1v) is 6.83. The number of carbonyl (C=O) groups is 1. The van der Waals surface area contributed by atoms with Crippen LogP contribution in [-0.4, -0.2) is 17.0 Å². The van der Waals surface area contributed by atoms with E-state index in [1.807, 2.05) is 55.8 Å². The van der Waals surface area contributed by atoms with Gasteiger partial charge in [0.15, 0.2) is 6.61 Å². The lowest BCUT2D eigenvalue weighted by Crippen LogP contribution is -2.12. The topological polar surface area (TPSA) is 31.2 Å². The second-order valence-electron chi connectivity index (χ2n) is 4.51. The van der Waals surface area contributed by atoms with Gasteiger partial charge in [0.05, 0.1) is 0 Å². The number of hydrogen-bond acceptors (Lipinski definition) is 2. The maximum atomic E-state index is 12.1. The molecule has 0 bridgehead atoms. The molecule has 1 heterocycles. The highest BCUT2D eigenvalue weighted by molar-refractivity contribution is 9.10. The second-order valence-corrected chi connectivity index (χ2v) is 5.43. The van der Waals surface area contributed by atoms with Crippen molar-refractivity contribution in [1.29, 1.82) is 0 Å². The van der Waals surface area contributed by atoms with Crippen LogP contribution in [0.3, 0.4) is 0 Å². The fraction of sp³-hybridized carbons (Fsp3) is 0.267. The second kappa shape index (κ2) is 5.61. The Labute approximate surface area is 121 Å². The van der Waals surface area contributed by atoms with E-state index in [2.05, 4.69) is 15.9 Å². The van der Waals surface area contributed by atoms with Crippen molar-refractivity contribution in [3.8, 4) is 5.75 Å². The molecule has 0 spiro atoms. The molecule has 0 radical (unpaired) electrons. The summed E-state index contributed by atoms with van der Waals surface area (Å²) in [6, 6.07) is 9.38. The van der Waals surface area contributed by atoms with Gasteiger partial charge in [0, 0.05) is 28.5 Å². The summed E-state index contributed by atoms with van der Waals surface area (Å²) in [5.41, 5.74) is 2.78. The maximum Gasteiger partial charge on any atom is 0.202 e. The van der Waals surface area contributed by atoms with E-state index in [0.717, 1.165) is 21.4 Å². The Hall–Kier alpha value is -1.55. The van der Waals surface area contributed by atoms with Gasteiger partial charge < -0.3 is 9.30 Å². The number of hydrogen-bond donors (Lipinski definition) is 0. The number of aromatic nitrogens is 1. The molecular weight excluding hydrogens is 306 g/mol. The monoisotopic (exact) mass is 321 g/mol. The Morgan fingerprint density at radius 3 is 2.63 bits per heavy atom. The zero-order chi connectivity index (χ0) is 14.0. The molecule has 2 rings (SSSR count). The van der Waals surface area contributed by atoms with E-state index in [1.54, 1.807) is 0 Å². The summed E-state index contributed by atoms with van der Waals surface area (Å²) < 4.78 is 8.46. The van der Waals surface area contributed by atoms with E-state index in [4.69, 9.17) is 4.74 Å². The first-order chi connectivity index (χ1) is 8.99. The van der Waals surface area contributed by atoms with Gasteiger partial charge in [-0.2, -0.15) is 0 Å². The minimum Gasteiger partial charge on any atom is -0.485 e. The van der Waals surface area contributed by atoms with Crippen LogP contribution >= 0.6 is 15.9 Å². The van der Waals surface area contributed by atoms with Crippen molar-refractivity contribution < 1.29 is 9.53 Å². The van der Waals surface area contributed by atoms with Crippen LogP contribution in [0.4, 0.5) is 0 Å². The summed E-state index contributed by atoms with van der Waals surface area (Å²) in [6.07, 6.45) is 0. The zero-order valence-corrected chi connectivity index (χ0v) is 12.8. The molecular formula is C15H16BrNO2. The Morgan fingerprint density at radius 1 is 1.32 bits per heavy atom. The van der Waals surface area contributed by atoms with Crippen LogP contribution in [0.15, 0.2) is 34.8 Å². The molecule has 1 aromatic carbocycles. The first kappa shape index (κ1) is 13.9. The fourth-order valence-corrected chi connectivity index (χ4v) is 2.30. The molecule has 0 amide bonds. The Morgan fingerprint density at radius 2 is 2.05 bits per heavy atom. The number of ketones is 1. The summed E-state index contributed by atoms with van der Waals surface area (Å²) in [6.45, 7) is 3.99. The number of Topliss-reactive ketones (excluding diaryl/α,β-unsaturated/α-hetero) is 1. The highest BCUT2D eigenvalue weighted by Gasteiger charge is 2.14. The van der Waals surface area contributed by atoms with Gasteiger partial charge in [0.25, 0.3) is 0 Å². The van der Waals surface area contributed by atoms with E-state index in [9.17, 15) is 4.79 Å². The van der Waals surface area contributed by atoms with Gasteiger partial charge in [-0.1, -0.05) is 22.0 Å². The fourth-order valence-electron chi connectivity index (χ4n) is 1.92. The summed E-state index contributed by atoms with van der Waals surface area (Å²) in [4.78, 5) is 12.1. The van der Waals surface area contributed by atoms with Crippen molar-refractivity contribution in [2.75, 3.05) is 6.61 Å². The summed E-state index contributed by atoms with van der Waals surface area (Å²) in [5, 5.41) is 0. The number of rotatable bonds is 4. The van der Waals surface area contributed by atoms with E-state index < -0.39 is 0 Å². The molecule has 3 nitrogen and oxygen atoms in total. The van der Waals surface area contributed by atoms with Crippen LogP contribution in [0.5, 0.6) is 5.75 Å². The number of nitrogens with zero attached hydrogens (tertiary/aromatic N) is 1. The third kappa shape index (κ3) is 3.07. The van der Waals surface area contributed by atoms with Crippen molar-refractivity contribution in [3.05, 3.63) is 51.8 Å². The largest absolute Gasteiger partial charge is 0.485 e. The standard InChI is InChI=1S/C15H16BrNO2/c1-10-7-14(11(2)17(10)3)15(18)9-19-13-6-4-5-12(16)8-13/h4-8H,9H2,1-3H3. The number of benzene rings is 1. The molecule has 100 valence electrons. The predicted molar refractivity (Wildman–Crippen MR) is 78.9 cm³/mol. The average Bonchev–Trinajstić information content (AvgIpc) is 2.64. The van der Waals surface area contributed by atoms with Gasteiger partial charge in [-0.25, -0.2) is 0 Å². The smallest absolute Gasteiger partial charge is 0.202 e. The van der Waals surface area contributed by atoms with Crippen LogP contribution in [0.25, 0.3) is 0 Å². The number of halogens is 1. The van der Waals surface area contributed by atoms with Crippen LogP contribution in [0.2, 0.25) is 0 Å². The van der Waals surface area contributed by atoms with Gasteiger partial charge in [-0.05, 0) is 38.1 Å². The molecule has 2 aromatic rings. The normalized spacial score (nSPS) is 10.5. The van der Waals surface area contributed by atoms with Gasteiger partial charge in [0.2, 0.25) is 5.78 Å². The van der Waals surface area contributed by atoms with Crippen LogP contribution < -0.4 is 4.74 Å². The third-order valence-electron chi connectivity index (χ3n) is 3.24. The highest BCUT2D eigenvalue weighted by Crippen LogP contribution is 2.19. The summed E-state index contributed by atoms with van der Waals surface area (Å²) in [7, 11) is 1.95. The van der Waals surface area contributed by atoms with E-state index in [-0.39, 0.29) is 12.4 Å². The molecule has 0 atom stereocenters. The molecule has 0 N–H and O–H groups in total. The average molecular weight is 322 g/mol. The number of carbonyl (C=O) groups excluding carboxylic acids is 1. The van der Waals surface area contributed by atoms with Crippen LogP contribution in [-0.2, 0) is 7.05 Å². The van der Waals surface area contributed by atoms with Crippen molar-refractivity contribution in [3.63, 3.8) is 0 Å². The van der Waals surface area contributed by atoms with Gasteiger partial charge in [-0.15, -0.1) is 0 Å². The molecule has 0 aliphatic rings. The lowest BCUT2D eigenvalue weighted by atomic mass is 10.1. The predicted octanol–water partition coefficient (Wildman–Crippen LogP) is 3.67. The molecule has 19 heavy (non-hydrogen) atoms. The number of ether oxygens (including phenoxy) is 1. The third-order valence-corrected chi connectivity index (χ3v) is 3.73. The molecule has 0 aliphatic heterocycles. The van der Waals surface area contributed by atoms with Crippen molar-refractivity contribution in [2.24, 2.45) is 7.05 Å². The number of aryl methyl sites for hydroxylation is 1. The Balaban J connectivity index is 2.07. The maximum absolute atomic E-state index is 12.1. The van der Waals surface area contributed by atoms with Crippen LogP contribution in [0.1, 0.15) is 21.7 Å². The van der Waals surface area contributed by atoms with Crippen LogP contribution in [0, 0.1) is 13.8 Å². The van der Waals surface area contributed by atoms with E-state index in [0.29, 0.717) is 5.75 Å². The highest BCUT2D eigenvalue weighted by atomic mass is 79.9. The van der Waals surface area contributed by atoms with Crippen molar-refractivity contribution in [1.82, 2.24) is 4.57 Å². The minimum atomic E-state index is 0.00109. The first-order valence-electron chi connectivity index (χ1n) is 6.03. The molecule has 0 aliphatic carbocycles. The zero-order valence-electron chi connectivity index (χ0n) is 11.2. The molecule has 0 unspecified atom stereocenters. The molecule has 0 saturated carbocycles. The minimum absolute atomic E-state index is 0.00109. The molecule has 0 saturated heterocycles. The van der Waals surface area contributed by atoms with Gasteiger partial charge in [-0.3, -0.25) is 4.79 Å². The lowest BCUT2D eigenvalue weighted by Gasteiger charge is -2.06.